The normalized spacial score (nSPS) is 19.4. The fraction of sp³-hybridized carbons (Fsp3) is 0.467. The summed E-state index contributed by atoms with van der Waals surface area (Å²) < 4.78 is 26.8. The number of hydrogen-bond acceptors (Lipinski definition) is 8. The quantitative estimate of drug-likeness (QED) is 0.598. The van der Waals surface area contributed by atoms with Gasteiger partial charge >= 0.3 is 0 Å². The van der Waals surface area contributed by atoms with Crippen LogP contribution in [0.25, 0.3) is 4.96 Å². The van der Waals surface area contributed by atoms with Crippen LogP contribution in [0.5, 0.6) is 0 Å². The van der Waals surface area contributed by atoms with Crippen molar-refractivity contribution in [1.29, 1.82) is 0 Å². The number of sulfone groups is 1. The topological polar surface area (TPSA) is 99.2 Å². The highest BCUT2D eigenvalue weighted by molar-refractivity contribution is 7.98. The number of nitrogens with zero attached hydrogens (tertiary/aromatic N) is 5. The number of aromatic nitrogens is 5. The Balaban J connectivity index is 1.53. The van der Waals surface area contributed by atoms with E-state index in [0.29, 0.717) is 33.8 Å². The van der Waals surface area contributed by atoms with Crippen LogP contribution < -0.4 is 5.56 Å². The van der Waals surface area contributed by atoms with Crippen LogP contribution in [0.3, 0.4) is 0 Å². The molecule has 0 bridgehead atoms. The van der Waals surface area contributed by atoms with Crippen LogP contribution in [0.4, 0.5) is 0 Å². The van der Waals surface area contributed by atoms with Crippen molar-refractivity contribution in [2.24, 2.45) is 7.05 Å². The lowest BCUT2D eigenvalue weighted by Gasteiger charge is -2.07. The highest BCUT2D eigenvalue weighted by Gasteiger charge is 2.32. The van der Waals surface area contributed by atoms with E-state index in [1.165, 1.54) is 23.1 Å². The molecule has 138 valence electrons. The standard InChI is InChI=1S/C15H17N5O3S3/c1-9-6-24-14-16-11(5-12(21)20(9)14)7-25-15-18-17-13(19(15)2)10-3-4-26(22,23)8-10/h5-6,10H,3-4,7-8H2,1-2H3/t10-/m1/s1. The second-order valence-electron chi connectivity index (χ2n) is 6.37. The van der Waals surface area contributed by atoms with E-state index in [-0.39, 0.29) is 23.0 Å². The van der Waals surface area contributed by atoms with Crippen molar-refractivity contribution in [3.05, 3.63) is 39.0 Å². The number of fused-ring (bicyclic) bond motifs is 1. The Labute approximate surface area is 158 Å². The summed E-state index contributed by atoms with van der Waals surface area (Å²) in [7, 11) is -1.12. The average Bonchev–Trinajstić information content (AvgIpc) is 3.23. The average molecular weight is 412 g/mol. The summed E-state index contributed by atoms with van der Waals surface area (Å²) >= 11 is 2.88. The summed E-state index contributed by atoms with van der Waals surface area (Å²) in [5, 5.41) is 11.0. The Morgan fingerprint density at radius 1 is 1.38 bits per heavy atom. The first-order valence-electron chi connectivity index (χ1n) is 8.03. The molecule has 0 N–H and O–H groups in total. The Bertz CT molecular complexity index is 1150. The van der Waals surface area contributed by atoms with E-state index in [4.69, 9.17) is 0 Å². The summed E-state index contributed by atoms with van der Waals surface area (Å²) in [4.78, 5) is 17.4. The van der Waals surface area contributed by atoms with Crippen molar-refractivity contribution in [3.8, 4) is 0 Å². The molecule has 0 saturated carbocycles. The molecule has 0 aliphatic carbocycles. The zero-order valence-corrected chi connectivity index (χ0v) is 16.7. The number of aryl methyl sites for hydroxylation is 1. The van der Waals surface area contributed by atoms with E-state index >= 15 is 0 Å². The molecule has 1 saturated heterocycles. The van der Waals surface area contributed by atoms with Gasteiger partial charge in [-0.05, 0) is 13.3 Å². The van der Waals surface area contributed by atoms with Gasteiger partial charge in [-0.2, -0.15) is 0 Å². The molecular weight excluding hydrogens is 394 g/mol. The highest BCUT2D eigenvalue weighted by Crippen LogP contribution is 2.30. The highest BCUT2D eigenvalue weighted by atomic mass is 32.2. The molecule has 1 fully saturated rings. The monoisotopic (exact) mass is 411 g/mol. The predicted octanol–water partition coefficient (Wildman–Crippen LogP) is 1.39. The molecule has 1 aliphatic heterocycles. The molecule has 26 heavy (non-hydrogen) atoms. The summed E-state index contributed by atoms with van der Waals surface area (Å²) in [6.45, 7) is 1.88. The molecule has 0 aromatic carbocycles. The van der Waals surface area contributed by atoms with Crippen LogP contribution in [0.1, 0.15) is 29.6 Å². The number of rotatable bonds is 4. The lowest BCUT2D eigenvalue weighted by Crippen LogP contribution is -2.14. The maximum Gasteiger partial charge on any atom is 0.258 e. The molecule has 1 aliphatic rings. The zero-order valence-electron chi connectivity index (χ0n) is 14.2. The van der Waals surface area contributed by atoms with Gasteiger partial charge in [-0.15, -0.1) is 21.5 Å². The Hall–Kier alpha value is -1.72. The summed E-state index contributed by atoms with van der Waals surface area (Å²) in [5.74, 6) is 1.45. The van der Waals surface area contributed by atoms with Crippen LogP contribution in [0, 0.1) is 6.92 Å². The first-order chi connectivity index (χ1) is 12.3. The molecule has 0 unspecified atom stereocenters. The largest absolute Gasteiger partial charge is 0.309 e. The second-order valence-corrected chi connectivity index (χ2v) is 10.4. The first kappa shape index (κ1) is 17.7. The van der Waals surface area contributed by atoms with Crippen molar-refractivity contribution in [2.75, 3.05) is 11.5 Å². The predicted molar refractivity (Wildman–Crippen MR) is 101 cm³/mol. The Kier molecular flexibility index (Phi) is 4.40. The lowest BCUT2D eigenvalue weighted by molar-refractivity contribution is 0.599. The van der Waals surface area contributed by atoms with Crippen molar-refractivity contribution < 1.29 is 8.42 Å². The minimum Gasteiger partial charge on any atom is -0.309 e. The molecular formula is C15H17N5O3S3. The van der Waals surface area contributed by atoms with Gasteiger partial charge in [0.15, 0.2) is 20.0 Å². The third kappa shape index (κ3) is 3.19. The minimum absolute atomic E-state index is 0.0841. The molecule has 4 rings (SSSR count). The van der Waals surface area contributed by atoms with Gasteiger partial charge in [0.1, 0.15) is 5.82 Å². The van der Waals surface area contributed by atoms with Crippen LogP contribution in [0.2, 0.25) is 0 Å². The first-order valence-corrected chi connectivity index (χ1v) is 11.7. The van der Waals surface area contributed by atoms with Crippen LogP contribution >= 0.6 is 23.1 Å². The third-order valence-electron chi connectivity index (χ3n) is 4.44. The molecule has 4 heterocycles. The Morgan fingerprint density at radius 3 is 2.92 bits per heavy atom. The molecule has 0 spiro atoms. The van der Waals surface area contributed by atoms with Gasteiger partial charge in [0.25, 0.3) is 5.56 Å². The fourth-order valence-electron chi connectivity index (χ4n) is 3.12. The van der Waals surface area contributed by atoms with Gasteiger partial charge in [-0.1, -0.05) is 11.8 Å². The van der Waals surface area contributed by atoms with Gasteiger partial charge in [-0.25, -0.2) is 13.4 Å². The van der Waals surface area contributed by atoms with E-state index in [1.54, 1.807) is 10.5 Å². The lowest BCUT2D eigenvalue weighted by atomic mass is 10.1. The molecule has 0 amide bonds. The zero-order chi connectivity index (χ0) is 18.5. The van der Waals surface area contributed by atoms with Crippen molar-refractivity contribution in [1.82, 2.24) is 24.1 Å². The Morgan fingerprint density at radius 2 is 2.19 bits per heavy atom. The van der Waals surface area contributed by atoms with Crippen LogP contribution in [-0.4, -0.2) is 44.1 Å². The van der Waals surface area contributed by atoms with E-state index in [9.17, 15) is 13.2 Å². The molecule has 1 atom stereocenters. The summed E-state index contributed by atoms with van der Waals surface area (Å²) in [6, 6.07) is 1.54. The van der Waals surface area contributed by atoms with Crippen molar-refractivity contribution in [2.45, 2.75) is 30.2 Å². The second kappa shape index (κ2) is 6.46. The number of thioether (sulfide) groups is 1. The van der Waals surface area contributed by atoms with Gasteiger partial charge in [0.2, 0.25) is 0 Å². The SMILES string of the molecule is Cc1csc2nc(CSc3nnc([C@@H]4CCS(=O)(=O)C4)n3C)cc(=O)n12. The van der Waals surface area contributed by atoms with Crippen molar-refractivity contribution in [3.63, 3.8) is 0 Å². The van der Waals surface area contributed by atoms with Crippen molar-refractivity contribution >= 4 is 37.9 Å². The summed E-state index contributed by atoms with van der Waals surface area (Å²) in [5.41, 5.74) is 1.49. The maximum atomic E-state index is 12.2. The van der Waals surface area contributed by atoms with Gasteiger partial charge in [-0.3, -0.25) is 9.20 Å². The smallest absolute Gasteiger partial charge is 0.258 e. The number of thiazole rings is 1. The van der Waals surface area contributed by atoms with Crippen LogP contribution in [0.15, 0.2) is 21.4 Å². The number of hydrogen-bond donors (Lipinski definition) is 0. The van der Waals surface area contributed by atoms with E-state index in [2.05, 4.69) is 15.2 Å². The molecule has 0 radical (unpaired) electrons. The fourth-order valence-corrected chi connectivity index (χ4v) is 6.56. The maximum absolute atomic E-state index is 12.2. The van der Waals surface area contributed by atoms with E-state index in [1.807, 2.05) is 23.9 Å². The molecule has 8 nitrogen and oxygen atoms in total. The van der Waals surface area contributed by atoms with Gasteiger partial charge < -0.3 is 4.57 Å². The van der Waals surface area contributed by atoms with Gasteiger partial charge in [0.05, 0.1) is 17.2 Å². The van der Waals surface area contributed by atoms with Crippen LogP contribution in [-0.2, 0) is 22.6 Å². The molecule has 3 aromatic rings. The third-order valence-corrected chi connectivity index (χ3v) is 8.21. The van der Waals surface area contributed by atoms with E-state index in [0.717, 1.165) is 5.69 Å². The van der Waals surface area contributed by atoms with Gasteiger partial charge in [0, 0.05) is 35.9 Å². The molecule has 11 heteroatoms. The van der Waals surface area contributed by atoms with E-state index < -0.39 is 9.84 Å². The molecule has 3 aromatic heterocycles. The summed E-state index contributed by atoms with van der Waals surface area (Å²) in [6.07, 6.45) is 0.589. The minimum atomic E-state index is -2.96.